The number of ether oxygens (including phenoxy) is 5. The van der Waals surface area contributed by atoms with Crippen LogP contribution in [0.5, 0.6) is 0 Å². The van der Waals surface area contributed by atoms with Crippen LogP contribution in [0, 0.1) is 0 Å². The lowest BCUT2D eigenvalue weighted by molar-refractivity contribution is -0.198. The van der Waals surface area contributed by atoms with E-state index in [0.717, 1.165) is 5.56 Å². The second kappa shape index (κ2) is 7.13. The van der Waals surface area contributed by atoms with Gasteiger partial charge in [-0.15, -0.1) is 0 Å². The van der Waals surface area contributed by atoms with Gasteiger partial charge in [0.25, 0.3) is 0 Å². The normalized spacial score (nSPS) is 36.7. The summed E-state index contributed by atoms with van der Waals surface area (Å²) in [6, 6.07) is 9.70. The average molecular weight is 394 g/mol. The number of benzene rings is 1. The number of rotatable bonds is 4. The molecule has 3 aliphatic rings. The van der Waals surface area contributed by atoms with E-state index in [1.807, 2.05) is 58.0 Å². The highest BCUT2D eigenvalue weighted by Gasteiger charge is 2.59. The molecule has 7 heteroatoms. The summed E-state index contributed by atoms with van der Waals surface area (Å²) in [5.74, 6) is -1.36. The predicted molar refractivity (Wildman–Crippen MR) is 100 cm³/mol. The van der Waals surface area contributed by atoms with Crippen LogP contribution in [0.1, 0.15) is 33.3 Å². The molecule has 3 fully saturated rings. The molecule has 0 bridgehead atoms. The Balaban J connectivity index is 1.45. The fourth-order valence-corrected chi connectivity index (χ4v) is 4.83. The lowest BCUT2D eigenvalue weighted by Crippen LogP contribution is -2.40. The van der Waals surface area contributed by atoms with E-state index in [2.05, 4.69) is 0 Å². The first kappa shape index (κ1) is 19.4. The van der Waals surface area contributed by atoms with Gasteiger partial charge in [0.2, 0.25) is 0 Å². The van der Waals surface area contributed by atoms with Crippen molar-refractivity contribution in [1.82, 2.24) is 0 Å². The Morgan fingerprint density at radius 1 is 1.00 bits per heavy atom. The molecular weight excluding hydrogens is 368 g/mol. The Morgan fingerprint density at radius 3 is 2.37 bits per heavy atom. The fourth-order valence-electron chi connectivity index (χ4n) is 3.80. The van der Waals surface area contributed by atoms with Crippen molar-refractivity contribution in [3.05, 3.63) is 35.9 Å². The molecular formula is C20H26O6S. The maximum absolute atomic E-state index is 12.6. The van der Waals surface area contributed by atoms with Gasteiger partial charge in [0.05, 0.1) is 6.61 Å². The maximum atomic E-state index is 12.6. The van der Waals surface area contributed by atoms with Gasteiger partial charge in [-0.2, -0.15) is 0 Å². The third-order valence-electron chi connectivity index (χ3n) is 4.88. The Bertz CT molecular complexity index is 691. The lowest BCUT2D eigenvalue weighted by Gasteiger charge is -2.26. The summed E-state index contributed by atoms with van der Waals surface area (Å²) >= 11 is 1.18. The van der Waals surface area contributed by atoms with Gasteiger partial charge in [-0.1, -0.05) is 42.1 Å². The summed E-state index contributed by atoms with van der Waals surface area (Å²) in [6.45, 7) is 7.95. The molecule has 3 heterocycles. The zero-order valence-corrected chi connectivity index (χ0v) is 16.9. The summed E-state index contributed by atoms with van der Waals surface area (Å²) in [5.41, 5.74) is 0.560. The molecule has 3 saturated heterocycles. The van der Waals surface area contributed by atoms with Crippen molar-refractivity contribution in [2.45, 2.75) is 75.5 Å². The predicted octanol–water partition coefficient (Wildman–Crippen LogP) is 2.89. The molecule has 0 unspecified atom stereocenters. The number of thioether (sulfide) groups is 1. The summed E-state index contributed by atoms with van der Waals surface area (Å²) < 4.78 is 30.0. The van der Waals surface area contributed by atoms with Gasteiger partial charge in [-0.05, 0) is 33.3 Å². The largest absolute Gasteiger partial charge is 0.355 e. The van der Waals surface area contributed by atoms with E-state index in [-0.39, 0.29) is 29.5 Å². The summed E-state index contributed by atoms with van der Waals surface area (Å²) in [7, 11) is 0. The number of fused-ring (bicyclic) bond motifs is 1. The first-order chi connectivity index (χ1) is 12.7. The van der Waals surface area contributed by atoms with Crippen LogP contribution in [-0.4, -0.2) is 53.1 Å². The van der Waals surface area contributed by atoms with Crippen LogP contribution in [0.15, 0.2) is 30.3 Å². The quantitative estimate of drug-likeness (QED) is 0.778. The van der Waals surface area contributed by atoms with Gasteiger partial charge in [-0.3, -0.25) is 4.79 Å². The topological polar surface area (TPSA) is 63.2 Å². The average Bonchev–Trinajstić information content (AvgIpc) is 3.20. The number of carbonyl (C=O) groups is 1. The van der Waals surface area contributed by atoms with Crippen molar-refractivity contribution in [2.24, 2.45) is 0 Å². The van der Waals surface area contributed by atoms with Gasteiger partial charge in [0, 0.05) is 6.42 Å². The molecule has 4 rings (SSSR count). The van der Waals surface area contributed by atoms with E-state index in [9.17, 15) is 4.79 Å². The van der Waals surface area contributed by atoms with Gasteiger partial charge in [-0.25, -0.2) is 0 Å². The Kier molecular flexibility index (Phi) is 5.12. The van der Waals surface area contributed by atoms with E-state index < -0.39 is 17.0 Å². The Labute approximate surface area is 163 Å². The van der Waals surface area contributed by atoms with Crippen LogP contribution in [0.2, 0.25) is 0 Å². The van der Waals surface area contributed by atoms with Crippen LogP contribution in [0.25, 0.3) is 0 Å². The van der Waals surface area contributed by atoms with Crippen molar-refractivity contribution in [3.8, 4) is 0 Å². The monoisotopic (exact) mass is 394 g/mol. The molecule has 1 aromatic rings. The van der Waals surface area contributed by atoms with Crippen molar-refractivity contribution in [3.63, 3.8) is 0 Å². The maximum Gasteiger partial charge on any atom is 0.195 e. The Morgan fingerprint density at radius 2 is 1.70 bits per heavy atom. The highest BCUT2D eigenvalue weighted by atomic mass is 32.2. The van der Waals surface area contributed by atoms with E-state index >= 15 is 0 Å². The molecule has 0 aromatic heterocycles. The summed E-state index contributed by atoms with van der Waals surface area (Å²) in [6.07, 6.45) is -0.833. The smallest absolute Gasteiger partial charge is 0.195 e. The molecule has 6 nitrogen and oxygen atoms in total. The third kappa shape index (κ3) is 4.23. The molecule has 0 N–H and O–H groups in total. The summed E-state index contributed by atoms with van der Waals surface area (Å²) in [5, 5.41) is 0.0443. The minimum atomic E-state index is -0.715. The van der Waals surface area contributed by atoms with E-state index in [0.29, 0.717) is 13.0 Å². The van der Waals surface area contributed by atoms with Gasteiger partial charge in [0.15, 0.2) is 16.7 Å². The van der Waals surface area contributed by atoms with Crippen molar-refractivity contribution >= 4 is 16.9 Å². The highest BCUT2D eigenvalue weighted by Crippen LogP contribution is 2.45. The molecule has 5 atom stereocenters. The first-order valence-corrected chi connectivity index (χ1v) is 10.2. The molecule has 3 aliphatic heterocycles. The van der Waals surface area contributed by atoms with Crippen LogP contribution in [-0.2, 0) is 34.9 Å². The van der Waals surface area contributed by atoms with E-state index in [4.69, 9.17) is 23.7 Å². The zero-order valence-electron chi connectivity index (χ0n) is 16.0. The van der Waals surface area contributed by atoms with Crippen molar-refractivity contribution in [1.29, 1.82) is 0 Å². The van der Waals surface area contributed by atoms with E-state index in [1.54, 1.807) is 0 Å². The molecule has 0 spiro atoms. The second-order valence-electron chi connectivity index (χ2n) is 8.05. The van der Waals surface area contributed by atoms with E-state index in [1.165, 1.54) is 11.8 Å². The third-order valence-corrected chi connectivity index (χ3v) is 5.90. The molecule has 0 aliphatic carbocycles. The SMILES string of the molecule is CC1(C)O[C@H]2[C@@H]([C@H]3COC(C)(C)O3)O[C@@H](SC(=O)Cc3ccccc3)[C@H]2O1. The van der Waals surface area contributed by atoms with Crippen LogP contribution >= 0.6 is 11.8 Å². The molecule has 148 valence electrons. The second-order valence-corrected chi connectivity index (χ2v) is 9.21. The van der Waals surface area contributed by atoms with Gasteiger partial charge >= 0.3 is 0 Å². The van der Waals surface area contributed by atoms with Crippen LogP contribution in [0.3, 0.4) is 0 Å². The van der Waals surface area contributed by atoms with Crippen LogP contribution in [0.4, 0.5) is 0 Å². The van der Waals surface area contributed by atoms with Crippen LogP contribution < -0.4 is 0 Å². The lowest BCUT2D eigenvalue weighted by atomic mass is 10.1. The van der Waals surface area contributed by atoms with Crippen molar-refractivity contribution in [2.75, 3.05) is 6.61 Å². The van der Waals surface area contributed by atoms with Gasteiger partial charge in [0.1, 0.15) is 29.9 Å². The minimum Gasteiger partial charge on any atom is -0.355 e. The number of hydrogen-bond donors (Lipinski definition) is 0. The minimum absolute atomic E-state index is 0.0443. The molecule has 0 saturated carbocycles. The Hall–Kier alpha value is -0.960. The highest BCUT2D eigenvalue weighted by molar-refractivity contribution is 8.14. The first-order valence-electron chi connectivity index (χ1n) is 9.29. The standard InChI is InChI=1S/C20H26O6S/c1-19(2)22-11-13(24-19)15-16-17(26-20(3,4)25-16)18(23-15)27-14(21)10-12-8-6-5-7-9-12/h5-9,13,15-18H,10-11H2,1-4H3/t13-,15-,16+,17+,18+/m1/s1. The number of hydrogen-bond acceptors (Lipinski definition) is 7. The molecule has 27 heavy (non-hydrogen) atoms. The van der Waals surface area contributed by atoms with Crippen molar-refractivity contribution < 1.29 is 28.5 Å². The zero-order chi connectivity index (χ0) is 19.2. The molecule has 1 aromatic carbocycles. The number of carbonyl (C=O) groups excluding carboxylic acids is 1. The summed E-state index contributed by atoms with van der Waals surface area (Å²) in [4.78, 5) is 12.6. The van der Waals surface area contributed by atoms with Gasteiger partial charge < -0.3 is 23.7 Å². The molecule has 0 radical (unpaired) electrons. The molecule has 0 amide bonds. The fraction of sp³-hybridized carbons (Fsp3) is 0.650.